The van der Waals surface area contributed by atoms with Crippen molar-refractivity contribution in [3.63, 3.8) is 0 Å². The zero-order valence-electron chi connectivity index (χ0n) is 21.0. The standard InChI is InChI=1S/C36H22N2O/c1-2-10-26-23(7-1)8-5-13-30(26)33-20-21-34(39-33)31-18-17-29(27-11-3-4-12-28(27)31)32-19-16-25-15-14-24-9-6-22-37-35(24)36(25)38-32/h1-22H. The van der Waals surface area contributed by atoms with Crippen molar-refractivity contribution >= 4 is 43.4 Å². The molecule has 182 valence electrons. The maximum absolute atomic E-state index is 6.50. The van der Waals surface area contributed by atoms with Gasteiger partial charge in [0.05, 0.1) is 16.7 Å². The highest BCUT2D eigenvalue weighted by molar-refractivity contribution is 6.07. The summed E-state index contributed by atoms with van der Waals surface area (Å²) in [4.78, 5) is 9.74. The fourth-order valence-electron chi connectivity index (χ4n) is 5.68. The number of pyridine rings is 2. The molecule has 0 amide bonds. The number of hydrogen-bond acceptors (Lipinski definition) is 3. The maximum Gasteiger partial charge on any atom is 0.135 e. The van der Waals surface area contributed by atoms with Crippen LogP contribution in [0.4, 0.5) is 0 Å². The van der Waals surface area contributed by atoms with Gasteiger partial charge in [-0.2, -0.15) is 0 Å². The van der Waals surface area contributed by atoms with Crippen LogP contribution in [0.2, 0.25) is 0 Å². The highest BCUT2D eigenvalue weighted by Crippen LogP contribution is 2.39. The minimum atomic E-state index is 0.849. The Morgan fingerprint density at radius 3 is 1.87 bits per heavy atom. The molecule has 0 fully saturated rings. The predicted molar refractivity (Wildman–Crippen MR) is 161 cm³/mol. The Morgan fingerprint density at radius 2 is 1.03 bits per heavy atom. The Labute approximate surface area is 225 Å². The van der Waals surface area contributed by atoms with E-state index in [9.17, 15) is 0 Å². The van der Waals surface area contributed by atoms with Crippen molar-refractivity contribution in [3.8, 4) is 33.9 Å². The smallest absolute Gasteiger partial charge is 0.135 e. The number of nitrogens with zero attached hydrogens (tertiary/aromatic N) is 2. The quantitative estimate of drug-likeness (QED) is 0.228. The summed E-state index contributed by atoms with van der Waals surface area (Å²) in [6.07, 6.45) is 1.83. The van der Waals surface area contributed by atoms with Gasteiger partial charge in [-0.05, 0) is 51.9 Å². The largest absolute Gasteiger partial charge is 0.456 e. The third-order valence-electron chi connectivity index (χ3n) is 7.56. The highest BCUT2D eigenvalue weighted by Gasteiger charge is 2.15. The van der Waals surface area contributed by atoms with Gasteiger partial charge in [0.25, 0.3) is 0 Å². The zero-order valence-corrected chi connectivity index (χ0v) is 21.0. The molecule has 0 radical (unpaired) electrons. The summed E-state index contributed by atoms with van der Waals surface area (Å²) in [6, 6.07) is 44.2. The molecule has 0 saturated heterocycles. The summed E-state index contributed by atoms with van der Waals surface area (Å²) < 4.78 is 6.50. The Bertz CT molecular complexity index is 2190. The Kier molecular flexibility index (Phi) is 4.82. The van der Waals surface area contributed by atoms with E-state index in [1.807, 2.05) is 12.3 Å². The SMILES string of the molecule is c1ccc2c(-c3ccc(-c4ccc(-c5ccc6ccc7cccnc7c6n5)c5ccccc45)o3)cccc2c1. The van der Waals surface area contributed by atoms with E-state index in [2.05, 4.69) is 126 Å². The van der Waals surface area contributed by atoms with E-state index in [1.165, 1.54) is 10.8 Å². The number of aromatic nitrogens is 2. The number of furan rings is 1. The Hall–Kier alpha value is -5.28. The second-order valence-corrected chi connectivity index (χ2v) is 9.81. The van der Waals surface area contributed by atoms with Crippen LogP contribution in [0.25, 0.3) is 77.3 Å². The summed E-state index contributed by atoms with van der Waals surface area (Å²) >= 11 is 0. The molecule has 0 aliphatic heterocycles. The van der Waals surface area contributed by atoms with Gasteiger partial charge < -0.3 is 4.42 Å². The fourth-order valence-corrected chi connectivity index (χ4v) is 5.68. The van der Waals surface area contributed by atoms with E-state index in [4.69, 9.17) is 9.40 Å². The molecular formula is C36H22N2O. The topological polar surface area (TPSA) is 38.9 Å². The maximum atomic E-state index is 6.50. The van der Waals surface area contributed by atoms with E-state index in [0.717, 1.165) is 66.5 Å². The molecule has 0 atom stereocenters. The van der Waals surface area contributed by atoms with Crippen molar-refractivity contribution in [1.82, 2.24) is 9.97 Å². The van der Waals surface area contributed by atoms with E-state index in [-0.39, 0.29) is 0 Å². The molecule has 0 spiro atoms. The number of hydrogen-bond donors (Lipinski definition) is 0. The van der Waals surface area contributed by atoms with Crippen LogP contribution in [0.1, 0.15) is 0 Å². The molecule has 3 heterocycles. The first-order chi connectivity index (χ1) is 19.3. The molecule has 0 unspecified atom stereocenters. The minimum Gasteiger partial charge on any atom is -0.456 e. The van der Waals surface area contributed by atoms with Crippen molar-refractivity contribution in [3.05, 3.63) is 134 Å². The summed E-state index contributed by atoms with van der Waals surface area (Å²) in [7, 11) is 0. The normalized spacial score (nSPS) is 11.6. The van der Waals surface area contributed by atoms with E-state index >= 15 is 0 Å². The van der Waals surface area contributed by atoms with Crippen LogP contribution in [0, 0.1) is 0 Å². The van der Waals surface area contributed by atoms with Crippen molar-refractivity contribution in [2.75, 3.05) is 0 Å². The van der Waals surface area contributed by atoms with Gasteiger partial charge in [0.1, 0.15) is 11.5 Å². The lowest BCUT2D eigenvalue weighted by molar-refractivity contribution is 0.598. The van der Waals surface area contributed by atoms with Crippen molar-refractivity contribution in [1.29, 1.82) is 0 Å². The lowest BCUT2D eigenvalue weighted by Gasteiger charge is -2.11. The number of fused-ring (bicyclic) bond motifs is 5. The first-order valence-corrected chi connectivity index (χ1v) is 13.1. The lowest BCUT2D eigenvalue weighted by Crippen LogP contribution is -1.90. The van der Waals surface area contributed by atoms with Crippen LogP contribution in [0.15, 0.2) is 138 Å². The first kappa shape index (κ1) is 21.8. The summed E-state index contributed by atoms with van der Waals surface area (Å²) in [5.41, 5.74) is 6.03. The van der Waals surface area contributed by atoms with Gasteiger partial charge in [-0.3, -0.25) is 4.98 Å². The van der Waals surface area contributed by atoms with Gasteiger partial charge in [-0.25, -0.2) is 4.98 Å². The first-order valence-electron chi connectivity index (χ1n) is 13.1. The molecule has 39 heavy (non-hydrogen) atoms. The van der Waals surface area contributed by atoms with Crippen molar-refractivity contribution < 1.29 is 4.42 Å². The average Bonchev–Trinajstić information content (AvgIpc) is 3.50. The lowest BCUT2D eigenvalue weighted by atomic mass is 9.96. The third kappa shape index (κ3) is 3.52. The van der Waals surface area contributed by atoms with Crippen LogP contribution in [-0.4, -0.2) is 9.97 Å². The molecule has 3 heteroatoms. The molecule has 0 N–H and O–H groups in total. The molecule has 5 aromatic carbocycles. The fraction of sp³-hybridized carbons (Fsp3) is 0. The second kappa shape index (κ2) is 8.64. The number of benzene rings is 5. The molecule has 0 saturated carbocycles. The Morgan fingerprint density at radius 1 is 0.410 bits per heavy atom. The van der Waals surface area contributed by atoms with Crippen LogP contribution in [-0.2, 0) is 0 Å². The van der Waals surface area contributed by atoms with Gasteiger partial charge in [0.15, 0.2) is 0 Å². The third-order valence-corrected chi connectivity index (χ3v) is 7.56. The number of rotatable bonds is 3. The molecule has 3 nitrogen and oxygen atoms in total. The molecular weight excluding hydrogens is 476 g/mol. The molecule has 0 aliphatic rings. The van der Waals surface area contributed by atoms with Crippen molar-refractivity contribution in [2.45, 2.75) is 0 Å². The van der Waals surface area contributed by atoms with E-state index in [1.54, 1.807) is 0 Å². The molecule has 8 aromatic rings. The zero-order chi connectivity index (χ0) is 25.8. The van der Waals surface area contributed by atoms with Gasteiger partial charge in [0.2, 0.25) is 0 Å². The molecule has 8 rings (SSSR count). The summed E-state index contributed by atoms with van der Waals surface area (Å²) in [6.45, 7) is 0. The molecule has 0 aliphatic carbocycles. The highest BCUT2D eigenvalue weighted by atomic mass is 16.3. The molecule has 0 bridgehead atoms. The molecule has 3 aromatic heterocycles. The monoisotopic (exact) mass is 498 g/mol. The van der Waals surface area contributed by atoms with Gasteiger partial charge in [-0.15, -0.1) is 0 Å². The van der Waals surface area contributed by atoms with Gasteiger partial charge >= 0.3 is 0 Å². The van der Waals surface area contributed by atoms with Crippen molar-refractivity contribution in [2.24, 2.45) is 0 Å². The minimum absolute atomic E-state index is 0.849. The van der Waals surface area contributed by atoms with Gasteiger partial charge in [0, 0.05) is 33.7 Å². The predicted octanol–water partition coefficient (Wildman–Crippen LogP) is 9.68. The van der Waals surface area contributed by atoms with Gasteiger partial charge in [-0.1, -0.05) is 97.1 Å². The summed E-state index contributed by atoms with van der Waals surface area (Å²) in [5, 5.41) is 6.83. The second-order valence-electron chi connectivity index (χ2n) is 9.81. The Balaban J connectivity index is 1.28. The average molecular weight is 499 g/mol. The van der Waals surface area contributed by atoms with E-state index in [0.29, 0.717) is 0 Å². The van der Waals surface area contributed by atoms with Crippen LogP contribution < -0.4 is 0 Å². The van der Waals surface area contributed by atoms with Crippen LogP contribution in [0.3, 0.4) is 0 Å². The van der Waals surface area contributed by atoms with E-state index < -0.39 is 0 Å². The summed E-state index contributed by atoms with van der Waals surface area (Å²) in [5.74, 6) is 1.72. The van der Waals surface area contributed by atoms with Crippen LogP contribution >= 0.6 is 0 Å². The van der Waals surface area contributed by atoms with Crippen LogP contribution in [0.5, 0.6) is 0 Å².